The van der Waals surface area contributed by atoms with Gasteiger partial charge in [-0.05, 0) is 6.07 Å². The molecule has 0 fully saturated rings. The predicted molar refractivity (Wildman–Crippen MR) is 62.7 cm³/mol. The van der Waals surface area contributed by atoms with Crippen molar-refractivity contribution in [2.24, 2.45) is 0 Å². The highest BCUT2D eigenvalue weighted by molar-refractivity contribution is 5.49. The van der Waals surface area contributed by atoms with Crippen LogP contribution in [-0.2, 0) is 6.54 Å². The van der Waals surface area contributed by atoms with Crippen LogP contribution in [0.15, 0.2) is 30.6 Å². The van der Waals surface area contributed by atoms with Gasteiger partial charge < -0.3 is 5.11 Å². The minimum Gasteiger partial charge on any atom is -0.505 e. The number of nitro groups is 2. The number of aromatic hydroxyl groups is 1. The maximum absolute atomic E-state index is 10.9. The number of non-ortho nitro benzene ring substituents is 1. The summed E-state index contributed by atoms with van der Waals surface area (Å²) in [5.41, 5.74) is -0.443. The number of rotatable bonds is 4. The second kappa shape index (κ2) is 4.72. The van der Waals surface area contributed by atoms with Crippen LogP contribution in [0.25, 0.3) is 0 Å². The van der Waals surface area contributed by atoms with E-state index in [9.17, 15) is 20.2 Å². The van der Waals surface area contributed by atoms with Crippen LogP contribution in [-0.4, -0.2) is 24.7 Å². The molecule has 0 atom stereocenters. The van der Waals surface area contributed by atoms with Gasteiger partial charge >= 0.3 is 0 Å². The molecule has 1 aromatic carbocycles. The Kier molecular flexibility index (Phi) is 3.10. The van der Waals surface area contributed by atoms with E-state index < -0.39 is 9.85 Å². The normalized spacial score (nSPS) is 10.3. The molecule has 0 unspecified atom stereocenters. The highest BCUT2D eigenvalue weighted by Crippen LogP contribution is 2.25. The number of nitrogens with zero attached hydrogens (tertiary/aromatic N) is 4. The molecule has 0 aliphatic carbocycles. The molecule has 0 aliphatic heterocycles. The predicted octanol–water partition coefficient (Wildman–Crippen LogP) is 1.45. The number of aromatic nitrogens is 2. The Morgan fingerprint density at radius 3 is 2.53 bits per heavy atom. The first-order chi connectivity index (χ1) is 8.97. The van der Waals surface area contributed by atoms with Gasteiger partial charge in [-0.3, -0.25) is 24.9 Å². The maximum Gasteiger partial charge on any atom is 0.281 e. The lowest BCUT2D eigenvalue weighted by molar-refractivity contribution is -0.394. The fraction of sp³-hybridized carbons (Fsp3) is 0.100. The SMILES string of the molecule is O=[N+]([O-])c1ccc(Cn2cc(O)cn2)c([N+](=O)[O-])c1. The summed E-state index contributed by atoms with van der Waals surface area (Å²) in [6, 6.07) is 3.39. The molecule has 0 saturated carbocycles. The largest absolute Gasteiger partial charge is 0.505 e. The van der Waals surface area contributed by atoms with Crippen molar-refractivity contribution in [1.82, 2.24) is 9.78 Å². The molecule has 98 valence electrons. The highest BCUT2D eigenvalue weighted by atomic mass is 16.6. The van der Waals surface area contributed by atoms with Crippen molar-refractivity contribution < 1.29 is 15.0 Å². The van der Waals surface area contributed by atoms with Gasteiger partial charge in [0, 0.05) is 6.07 Å². The van der Waals surface area contributed by atoms with Gasteiger partial charge in [0.15, 0.2) is 5.75 Å². The fourth-order valence-electron chi connectivity index (χ4n) is 1.58. The molecule has 0 saturated heterocycles. The van der Waals surface area contributed by atoms with Crippen LogP contribution in [0.1, 0.15) is 5.56 Å². The van der Waals surface area contributed by atoms with E-state index >= 15 is 0 Å². The van der Waals surface area contributed by atoms with Gasteiger partial charge in [-0.15, -0.1) is 0 Å². The van der Waals surface area contributed by atoms with Crippen molar-refractivity contribution in [2.75, 3.05) is 0 Å². The molecule has 2 aromatic rings. The first-order valence-electron chi connectivity index (χ1n) is 5.10. The van der Waals surface area contributed by atoms with Crippen molar-refractivity contribution in [2.45, 2.75) is 6.54 Å². The molecule has 9 heteroatoms. The summed E-state index contributed by atoms with van der Waals surface area (Å²) in [6.45, 7) is 0.0366. The quantitative estimate of drug-likeness (QED) is 0.658. The summed E-state index contributed by atoms with van der Waals surface area (Å²) in [7, 11) is 0. The van der Waals surface area contributed by atoms with Crippen molar-refractivity contribution in [3.8, 4) is 5.75 Å². The molecule has 1 heterocycles. The standard InChI is InChI=1S/C10H8N4O5/c15-9-4-11-12(6-9)5-7-1-2-8(13(16)17)3-10(7)14(18)19/h1-4,6,15H,5H2. The summed E-state index contributed by atoms with van der Waals surface area (Å²) in [5.74, 6) is -0.0652. The molecule has 9 nitrogen and oxygen atoms in total. The summed E-state index contributed by atoms with van der Waals surface area (Å²) in [4.78, 5) is 20.1. The molecule has 1 aromatic heterocycles. The van der Waals surface area contributed by atoms with Gasteiger partial charge in [0.1, 0.15) is 0 Å². The zero-order valence-electron chi connectivity index (χ0n) is 9.46. The number of hydrogen-bond donors (Lipinski definition) is 1. The minimum absolute atomic E-state index is 0.0366. The molecular formula is C10H8N4O5. The number of nitro benzene ring substituents is 2. The number of benzene rings is 1. The first kappa shape index (κ1) is 12.5. The molecule has 0 spiro atoms. The molecule has 19 heavy (non-hydrogen) atoms. The van der Waals surface area contributed by atoms with E-state index in [0.717, 1.165) is 6.07 Å². The zero-order valence-corrected chi connectivity index (χ0v) is 9.46. The molecule has 0 bridgehead atoms. The van der Waals surface area contributed by atoms with Crippen molar-refractivity contribution in [3.05, 3.63) is 56.4 Å². The lowest BCUT2D eigenvalue weighted by Crippen LogP contribution is -2.04. The van der Waals surface area contributed by atoms with Gasteiger partial charge in [-0.2, -0.15) is 5.10 Å². The van der Waals surface area contributed by atoms with E-state index in [0.29, 0.717) is 0 Å². The third-order valence-electron chi connectivity index (χ3n) is 2.43. The number of hydrogen-bond acceptors (Lipinski definition) is 6. The Balaban J connectivity index is 2.39. The monoisotopic (exact) mass is 264 g/mol. The van der Waals surface area contributed by atoms with E-state index in [1.54, 1.807) is 0 Å². The Morgan fingerprint density at radius 2 is 2.00 bits per heavy atom. The van der Waals surface area contributed by atoms with E-state index in [1.807, 2.05) is 0 Å². The van der Waals surface area contributed by atoms with Crippen LogP contribution in [0.3, 0.4) is 0 Å². The second-order valence-corrected chi connectivity index (χ2v) is 3.72. The Labute approximate surface area is 106 Å². The van der Waals surface area contributed by atoms with Crippen LogP contribution in [0.2, 0.25) is 0 Å². The lowest BCUT2D eigenvalue weighted by atomic mass is 10.1. The van der Waals surface area contributed by atoms with Crippen LogP contribution in [0.4, 0.5) is 11.4 Å². The van der Waals surface area contributed by atoms with Gasteiger partial charge in [-0.1, -0.05) is 0 Å². The molecule has 1 N–H and O–H groups in total. The van der Waals surface area contributed by atoms with Crippen molar-refractivity contribution >= 4 is 11.4 Å². The highest BCUT2D eigenvalue weighted by Gasteiger charge is 2.19. The summed E-state index contributed by atoms with van der Waals surface area (Å²) in [5, 5.41) is 34.4. The minimum atomic E-state index is -0.698. The average molecular weight is 264 g/mol. The average Bonchev–Trinajstić information content (AvgIpc) is 2.74. The van der Waals surface area contributed by atoms with E-state index in [-0.39, 0.29) is 29.2 Å². The molecular weight excluding hydrogens is 256 g/mol. The van der Waals surface area contributed by atoms with Crippen molar-refractivity contribution in [3.63, 3.8) is 0 Å². The van der Waals surface area contributed by atoms with Crippen LogP contribution in [0.5, 0.6) is 5.75 Å². The topological polar surface area (TPSA) is 124 Å². The van der Waals surface area contributed by atoms with E-state index in [4.69, 9.17) is 5.11 Å². The molecule has 0 aliphatic rings. The molecule has 0 amide bonds. The van der Waals surface area contributed by atoms with Gasteiger partial charge in [0.2, 0.25) is 0 Å². The van der Waals surface area contributed by atoms with Gasteiger partial charge in [0.25, 0.3) is 11.4 Å². The van der Waals surface area contributed by atoms with Crippen LogP contribution < -0.4 is 0 Å². The Bertz CT molecular complexity index is 651. The van der Waals surface area contributed by atoms with Crippen molar-refractivity contribution in [1.29, 1.82) is 0 Å². The Hall–Kier alpha value is -2.97. The molecule has 0 radical (unpaired) electrons. The second-order valence-electron chi connectivity index (χ2n) is 3.72. The summed E-state index contributed by atoms with van der Waals surface area (Å²) in [6.07, 6.45) is 2.49. The Morgan fingerprint density at radius 1 is 1.26 bits per heavy atom. The third-order valence-corrected chi connectivity index (χ3v) is 2.43. The maximum atomic E-state index is 10.9. The van der Waals surface area contributed by atoms with E-state index in [2.05, 4.69) is 5.10 Å². The zero-order chi connectivity index (χ0) is 14.0. The lowest BCUT2D eigenvalue weighted by Gasteiger charge is -2.03. The van der Waals surface area contributed by atoms with Crippen LogP contribution in [0, 0.1) is 20.2 Å². The summed E-state index contributed by atoms with van der Waals surface area (Å²) < 4.78 is 1.30. The molecule has 2 rings (SSSR count). The fourth-order valence-corrected chi connectivity index (χ4v) is 1.58. The third kappa shape index (κ3) is 2.65. The van der Waals surface area contributed by atoms with Gasteiger partial charge in [0.05, 0.1) is 40.4 Å². The van der Waals surface area contributed by atoms with Gasteiger partial charge in [-0.25, -0.2) is 0 Å². The van der Waals surface area contributed by atoms with E-state index in [1.165, 1.54) is 29.2 Å². The smallest absolute Gasteiger partial charge is 0.281 e. The first-order valence-corrected chi connectivity index (χ1v) is 5.10. The van der Waals surface area contributed by atoms with Crippen LogP contribution >= 0.6 is 0 Å². The summed E-state index contributed by atoms with van der Waals surface area (Å²) >= 11 is 0.